The molecule has 1 saturated heterocycles. The Morgan fingerprint density at radius 2 is 1.83 bits per heavy atom. The van der Waals surface area contributed by atoms with Crippen molar-refractivity contribution >= 4 is 33.0 Å². The van der Waals surface area contributed by atoms with Gasteiger partial charge in [0.05, 0.1) is 41.2 Å². The third kappa shape index (κ3) is 3.21. The number of carbonyl (C=O) groups excluding carboxylic acids is 2. The minimum atomic E-state index is -2.93. The summed E-state index contributed by atoms with van der Waals surface area (Å²) in [6.07, 6.45) is 5.41. The number of carbonyl (C=O) groups is 2. The summed E-state index contributed by atoms with van der Waals surface area (Å²) in [5, 5.41) is 4.35. The van der Waals surface area contributed by atoms with E-state index in [1.54, 1.807) is 22.7 Å². The quantitative estimate of drug-likeness (QED) is 0.746. The van der Waals surface area contributed by atoms with E-state index >= 15 is 0 Å². The van der Waals surface area contributed by atoms with E-state index < -0.39 is 9.84 Å². The first-order chi connectivity index (χ1) is 14.2. The summed E-state index contributed by atoms with van der Waals surface area (Å²) in [5.41, 5.74) is 3.23. The minimum Gasteiger partial charge on any atom is -0.308 e. The van der Waals surface area contributed by atoms with Gasteiger partial charge in [-0.1, -0.05) is 6.07 Å². The van der Waals surface area contributed by atoms with Crippen molar-refractivity contribution in [1.82, 2.24) is 9.78 Å². The van der Waals surface area contributed by atoms with E-state index in [-0.39, 0.29) is 41.3 Å². The summed E-state index contributed by atoms with van der Waals surface area (Å²) in [7, 11) is -2.93. The standard InChI is InChI=1S/C21H24N4O4S/c1-13-9-23(21(27)15-3-4-15)20-7-16(5-6-19(20)25(13)14(2)26)17-8-22-24(10-17)18-11-30(28,29)12-18/h5-8,10,13,15,18H,3-4,9,11-12H2,1-2H3. The lowest BCUT2D eigenvalue weighted by Crippen LogP contribution is -2.51. The number of aromatic nitrogens is 2. The van der Waals surface area contributed by atoms with Crippen LogP contribution in [0.4, 0.5) is 11.4 Å². The summed E-state index contributed by atoms with van der Waals surface area (Å²) in [5.74, 6) is 0.398. The average molecular weight is 429 g/mol. The van der Waals surface area contributed by atoms with Gasteiger partial charge < -0.3 is 9.80 Å². The normalized spacial score (nSPS) is 23.1. The Kier molecular flexibility index (Phi) is 4.29. The van der Waals surface area contributed by atoms with Crippen LogP contribution in [0.25, 0.3) is 11.1 Å². The summed E-state index contributed by atoms with van der Waals surface area (Å²) in [6.45, 7) is 3.98. The monoisotopic (exact) mass is 428 g/mol. The van der Waals surface area contributed by atoms with Crippen LogP contribution in [-0.2, 0) is 19.4 Å². The molecule has 1 saturated carbocycles. The zero-order chi connectivity index (χ0) is 21.2. The molecule has 1 unspecified atom stereocenters. The first kappa shape index (κ1) is 19.3. The fraction of sp³-hybridized carbons (Fsp3) is 0.476. The van der Waals surface area contributed by atoms with Gasteiger partial charge in [0.2, 0.25) is 11.8 Å². The van der Waals surface area contributed by atoms with Crippen LogP contribution in [0.2, 0.25) is 0 Å². The molecule has 0 spiro atoms. The van der Waals surface area contributed by atoms with Crippen molar-refractivity contribution in [3.8, 4) is 11.1 Å². The van der Waals surface area contributed by atoms with Crippen LogP contribution in [0.1, 0.15) is 32.7 Å². The molecule has 3 aliphatic rings. The Hall–Kier alpha value is -2.68. The summed E-state index contributed by atoms with van der Waals surface area (Å²) in [6, 6.07) is 5.54. The summed E-state index contributed by atoms with van der Waals surface area (Å²) in [4.78, 5) is 28.8. The molecular formula is C21H24N4O4S. The highest BCUT2D eigenvalue weighted by Crippen LogP contribution is 2.42. The number of amides is 2. The maximum absolute atomic E-state index is 12.9. The summed E-state index contributed by atoms with van der Waals surface area (Å²) < 4.78 is 24.6. The molecule has 2 fully saturated rings. The number of hydrogen-bond donors (Lipinski definition) is 0. The maximum Gasteiger partial charge on any atom is 0.230 e. The second-order valence-corrected chi connectivity index (χ2v) is 10.8. The van der Waals surface area contributed by atoms with E-state index in [1.165, 1.54) is 0 Å². The molecule has 1 atom stereocenters. The topological polar surface area (TPSA) is 92.6 Å². The number of anilines is 2. The molecule has 158 valence electrons. The van der Waals surface area contributed by atoms with E-state index in [0.29, 0.717) is 6.54 Å². The number of hydrogen-bond acceptors (Lipinski definition) is 5. The lowest BCUT2D eigenvalue weighted by atomic mass is 10.0. The van der Waals surface area contributed by atoms with Gasteiger partial charge in [-0.3, -0.25) is 14.3 Å². The largest absolute Gasteiger partial charge is 0.308 e. The van der Waals surface area contributed by atoms with Gasteiger partial charge >= 0.3 is 0 Å². The molecule has 9 heteroatoms. The van der Waals surface area contributed by atoms with Gasteiger partial charge in [0.25, 0.3) is 0 Å². The van der Waals surface area contributed by atoms with Crippen molar-refractivity contribution < 1.29 is 18.0 Å². The SMILES string of the molecule is CC(=O)N1c2ccc(-c3cnn(C4CS(=O)(=O)C4)c3)cc2N(C(=O)C2CC2)CC1C. The van der Waals surface area contributed by atoms with E-state index in [9.17, 15) is 18.0 Å². The zero-order valence-electron chi connectivity index (χ0n) is 17.0. The average Bonchev–Trinajstić information content (AvgIpc) is 3.41. The molecule has 2 aliphatic heterocycles. The smallest absolute Gasteiger partial charge is 0.230 e. The fourth-order valence-corrected chi connectivity index (χ4v) is 5.80. The van der Waals surface area contributed by atoms with Gasteiger partial charge in [-0.15, -0.1) is 0 Å². The molecule has 30 heavy (non-hydrogen) atoms. The van der Waals surface area contributed by atoms with Crippen molar-refractivity contribution in [2.75, 3.05) is 27.9 Å². The Labute approximate surface area is 175 Å². The number of sulfone groups is 1. The Bertz CT molecular complexity index is 1140. The van der Waals surface area contributed by atoms with E-state index in [0.717, 1.165) is 35.3 Å². The maximum atomic E-state index is 12.9. The Balaban J connectivity index is 1.52. The molecule has 8 nitrogen and oxygen atoms in total. The van der Waals surface area contributed by atoms with Crippen molar-refractivity contribution in [1.29, 1.82) is 0 Å². The van der Waals surface area contributed by atoms with E-state index in [4.69, 9.17) is 0 Å². The molecule has 1 aliphatic carbocycles. The van der Waals surface area contributed by atoms with Crippen molar-refractivity contribution in [3.05, 3.63) is 30.6 Å². The van der Waals surface area contributed by atoms with Crippen molar-refractivity contribution in [3.63, 3.8) is 0 Å². The lowest BCUT2D eigenvalue weighted by molar-refractivity contribution is -0.120. The molecular weight excluding hydrogens is 404 g/mol. The second kappa shape index (κ2) is 6.66. The van der Waals surface area contributed by atoms with E-state index in [2.05, 4.69) is 5.10 Å². The predicted molar refractivity (Wildman–Crippen MR) is 113 cm³/mol. The molecule has 0 N–H and O–H groups in total. The molecule has 0 radical (unpaired) electrons. The van der Waals surface area contributed by atoms with Gasteiger partial charge in [-0.25, -0.2) is 8.42 Å². The van der Waals surface area contributed by atoms with Crippen LogP contribution in [-0.4, -0.2) is 54.1 Å². The Morgan fingerprint density at radius 1 is 1.10 bits per heavy atom. The molecule has 0 bridgehead atoms. The van der Waals surface area contributed by atoms with Crippen LogP contribution >= 0.6 is 0 Å². The highest BCUT2D eigenvalue weighted by Gasteiger charge is 2.40. The molecule has 2 amide bonds. The van der Waals surface area contributed by atoms with Crippen molar-refractivity contribution in [2.45, 2.75) is 38.8 Å². The van der Waals surface area contributed by atoms with Gasteiger partial charge in [0.1, 0.15) is 0 Å². The van der Waals surface area contributed by atoms with Crippen LogP contribution in [0.15, 0.2) is 30.6 Å². The van der Waals surface area contributed by atoms with Crippen molar-refractivity contribution in [2.24, 2.45) is 5.92 Å². The predicted octanol–water partition coefficient (Wildman–Crippen LogP) is 2.02. The first-order valence-corrected chi connectivity index (χ1v) is 12.1. The van der Waals surface area contributed by atoms with Gasteiger partial charge in [-0.05, 0) is 37.5 Å². The van der Waals surface area contributed by atoms with Gasteiger partial charge in [-0.2, -0.15) is 5.10 Å². The number of benzene rings is 1. The van der Waals surface area contributed by atoms with Gasteiger partial charge in [0, 0.05) is 31.1 Å². The van der Waals surface area contributed by atoms with Crippen LogP contribution < -0.4 is 9.80 Å². The first-order valence-electron chi connectivity index (χ1n) is 10.2. The number of nitrogens with zero attached hydrogens (tertiary/aromatic N) is 4. The molecule has 2 aromatic rings. The van der Waals surface area contributed by atoms with Crippen LogP contribution in [0, 0.1) is 5.92 Å². The van der Waals surface area contributed by atoms with Crippen LogP contribution in [0.3, 0.4) is 0 Å². The highest BCUT2D eigenvalue weighted by molar-refractivity contribution is 7.92. The molecule has 3 heterocycles. The zero-order valence-corrected chi connectivity index (χ0v) is 17.8. The molecule has 1 aromatic heterocycles. The molecule has 1 aromatic carbocycles. The lowest BCUT2D eigenvalue weighted by Gasteiger charge is -2.41. The van der Waals surface area contributed by atoms with Gasteiger partial charge in [0.15, 0.2) is 9.84 Å². The molecule has 5 rings (SSSR count). The number of fused-ring (bicyclic) bond motifs is 1. The third-order valence-electron chi connectivity index (χ3n) is 6.15. The second-order valence-electron chi connectivity index (χ2n) is 8.60. The minimum absolute atomic E-state index is 0.0472. The third-order valence-corrected chi connectivity index (χ3v) is 7.93. The number of rotatable bonds is 3. The Morgan fingerprint density at radius 3 is 2.47 bits per heavy atom. The highest BCUT2D eigenvalue weighted by atomic mass is 32.2. The summed E-state index contributed by atoms with van der Waals surface area (Å²) >= 11 is 0. The van der Waals surface area contributed by atoms with E-state index in [1.807, 2.05) is 36.2 Å². The van der Waals surface area contributed by atoms with Crippen LogP contribution in [0.5, 0.6) is 0 Å². The fourth-order valence-electron chi connectivity index (χ4n) is 4.42.